The van der Waals surface area contributed by atoms with Gasteiger partial charge in [-0.05, 0) is 54.8 Å². The number of hydrazone groups is 1. The van der Waals surface area contributed by atoms with E-state index in [1.165, 1.54) is 18.3 Å². The first-order valence-electron chi connectivity index (χ1n) is 6.22. The van der Waals surface area contributed by atoms with E-state index in [9.17, 15) is 9.18 Å². The van der Waals surface area contributed by atoms with Gasteiger partial charge in [0.15, 0.2) is 0 Å². The Morgan fingerprint density at radius 1 is 1.15 bits per heavy atom. The molecule has 0 spiro atoms. The molecule has 1 amide bonds. The summed E-state index contributed by atoms with van der Waals surface area (Å²) in [6, 6.07) is 11.4. The molecule has 0 aliphatic rings. The third-order valence-corrected chi connectivity index (χ3v) is 3.00. The number of rotatable bonds is 3. The second-order valence-corrected chi connectivity index (χ2v) is 4.55. The van der Waals surface area contributed by atoms with Crippen molar-refractivity contribution in [1.29, 1.82) is 0 Å². The summed E-state index contributed by atoms with van der Waals surface area (Å²) in [5.74, 6) is -0.629. The van der Waals surface area contributed by atoms with Gasteiger partial charge in [0.1, 0.15) is 5.82 Å². The van der Waals surface area contributed by atoms with Crippen LogP contribution in [0.1, 0.15) is 27.0 Å². The molecule has 0 aliphatic carbocycles. The largest absolute Gasteiger partial charge is 0.271 e. The van der Waals surface area contributed by atoms with Crippen LogP contribution >= 0.6 is 0 Å². The molecular weight excluding hydrogens is 255 g/mol. The van der Waals surface area contributed by atoms with Gasteiger partial charge in [-0.1, -0.05) is 18.2 Å². The lowest BCUT2D eigenvalue weighted by atomic mass is 10.1. The summed E-state index contributed by atoms with van der Waals surface area (Å²) in [6.45, 7) is 3.93. The highest BCUT2D eigenvalue weighted by Crippen LogP contribution is 2.09. The summed E-state index contributed by atoms with van der Waals surface area (Å²) in [5, 5.41) is 3.82. The van der Waals surface area contributed by atoms with Crippen LogP contribution in [0.3, 0.4) is 0 Å². The van der Waals surface area contributed by atoms with Crippen LogP contribution in [0.25, 0.3) is 0 Å². The van der Waals surface area contributed by atoms with E-state index in [4.69, 9.17) is 0 Å². The van der Waals surface area contributed by atoms with E-state index in [1.807, 2.05) is 26.0 Å². The minimum atomic E-state index is -0.338. The maximum absolute atomic E-state index is 13.0. The third kappa shape index (κ3) is 3.51. The van der Waals surface area contributed by atoms with Gasteiger partial charge in [0.05, 0.1) is 6.21 Å². The van der Waals surface area contributed by atoms with E-state index >= 15 is 0 Å². The van der Waals surface area contributed by atoms with Crippen molar-refractivity contribution in [2.24, 2.45) is 5.10 Å². The van der Waals surface area contributed by atoms with Gasteiger partial charge in [-0.2, -0.15) is 5.10 Å². The minimum absolute atomic E-state index is 0.291. The van der Waals surface area contributed by atoms with Crippen LogP contribution in [0.5, 0.6) is 0 Å². The fourth-order valence-electron chi connectivity index (χ4n) is 1.70. The molecule has 0 unspecified atom stereocenters. The van der Waals surface area contributed by atoms with Crippen LogP contribution in [-0.4, -0.2) is 12.1 Å². The number of nitrogens with one attached hydrogen (secondary N) is 1. The molecule has 20 heavy (non-hydrogen) atoms. The number of aryl methyl sites for hydroxylation is 2. The van der Waals surface area contributed by atoms with Gasteiger partial charge in [0.25, 0.3) is 5.91 Å². The highest BCUT2D eigenvalue weighted by atomic mass is 19.1. The molecule has 0 bridgehead atoms. The lowest BCUT2D eigenvalue weighted by molar-refractivity contribution is 0.0955. The molecule has 0 radical (unpaired) electrons. The molecule has 3 nitrogen and oxygen atoms in total. The molecule has 2 rings (SSSR count). The van der Waals surface area contributed by atoms with Gasteiger partial charge >= 0.3 is 0 Å². The number of halogens is 1. The number of hydrogen-bond donors (Lipinski definition) is 1. The van der Waals surface area contributed by atoms with Crippen LogP contribution in [0, 0.1) is 19.7 Å². The molecule has 1 N–H and O–H groups in total. The molecule has 0 heterocycles. The molecule has 102 valence electrons. The third-order valence-electron chi connectivity index (χ3n) is 3.00. The Kier molecular flexibility index (Phi) is 4.25. The zero-order valence-electron chi connectivity index (χ0n) is 11.4. The van der Waals surface area contributed by atoms with Gasteiger partial charge in [0, 0.05) is 5.56 Å². The van der Waals surface area contributed by atoms with Crippen molar-refractivity contribution in [3.63, 3.8) is 0 Å². The van der Waals surface area contributed by atoms with Crippen molar-refractivity contribution in [3.8, 4) is 0 Å². The number of benzene rings is 2. The first-order chi connectivity index (χ1) is 9.56. The zero-order chi connectivity index (χ0) is 14.5. The monoisotopic (exact) mass is 270 g/mol. The Morgan fingerprint density at radius 3 is 2.65 bits per heavy atom. The highest BCUT2D eigenvalue weighted by molar-refractivity contribution is 5.95. The summed E-state index contributed by atoms with van der Waals surface area (Å²) in [4.78, 5) is 11.9. The summed E-state index contributed by atoms with van der Waals surface area (Å²) in [6.07, 6.45) is 1.40. The predicted molar refractivity (Wildman–Crippen MR) is 77.4 cm³/mol. The summed E-state index contributed by atoms with van der Waals surface area (Å²) in [5.41, 5.74) is 5.73. The number of carbonyl (C=O) groups is 1. The molecule has 0 atom stereocenters. The second kappa shape index (κ2) is 6.10. The Morgan fingerprint density at radius 2 is 1.95 bits per heavy atom. The van der Waals surface area contributed by atoms with Gasteiger partial charge < -0.3 is 0 Å². The van der Waals surface area contributed by atoms with E-state index < -0.39 is 0 Å². The standard InChI is InChI=1S/C16H15FN2O/c1-11-6-7-14(8-12(11)2)16(20)19-18-10-13-4-3-5-15(17)9-13/h3-10H,1-2H3,(H,19,20)/b18-10+. The zero-order valence-corrected chi connectivity index (χ0v) is 11.4. The fourth-order valence-corrected chi connectivity index (χ4v) is 1.70. The summed E-state index contributed by atoms with van der Waals surface area (Å²) < 4.78 is 13.0. The van der Waals surface area contributed by atoms with E-state index in [-0.39, 0.29) is 11.7 Å². The Labute approximate surface area is 117 Å². The molecular formula is C16H15FN2O. The van der Waals surface area contributed by atoms with E-state index in [0.717, 1.165) is 11.1 Å². The lowest BCUT2D eigenvalue weighted by Crippen LogP contribution is -2.17. The topological polar surface area (TPSA) is 41.5 Å². The maximum Gasteiger partial charge on any atom is 0.271 e. The van der Waals surface area contributed by atoms with Crippen molar-refractivity contribution in [1.82, 2.24) is 5.43 Å². The molecule has 0 aromatic heterocycles. The molecule has 0 saturated carbocycles. The first kappa shape index (κ1) is 13.9. The number of nitrogens with zero attached hydrogens (tertiary/aromatic N) is 1. The van der Waals surface area contributed by atoms with Crippen molar-refractivity contribution in [2.75, 3.05) is 0 Å². The molecule has 0 fully saturated rings. The first-order valence-corrected chi connectivity index (χ1v) is 6.22. The molecule has 2 aromatic carbocycles. The van der Waals surface area contributed by atoms with Crippen molar-refractivity contribution in [2.45, 2.75) is 13.8 Å². The molecule has 0 aliphatic heterocycles. The average molecular weight is 270 g/mol. The van der Waals surface area contributed by atoms with Crippen molar-refractivity contribution < 1.29 is 9.18 Å². The number of amides is 1. The fraction of sp³-hybridized carbons (Fsp3) is 0.125. The van der Waals surface area contributed by atoms with Crippen molar-refractivity contribution >= 4 is 12.1 Å². The van der Waals surface area contributed by atoms with Crippen LogP contribution < -0.4 is 5.43 Å². The SMILES string of the molecule is Cc1ccc(C(=O)N/N=C/c2cccc(F)c2)cc1C. The molecule has 0 saturated heterocycles. The number of carbonyl (C=O) groups excluding carboxylic acids is 1. The smallest absolute Gasteiger partial charge is 0.267 e. The van der Waals surface area contributed by atoms with Crippen LogP contribution in [0.4, 0.5) is 4.39 Å². The Bertz CT molecular complexity index is 665. The quantitative estimate of drug-likeness (QED) is 0.675. The van der Waals surface area contributed by atoms with E-state index in [1.54, 1.807) is 18.2 Å². The van der Waals surface area contributed by atoms with Gasteiger partial charge in [-0.15, -0.1) is 0 Å². The van der Waals surface area contributed by atoms with E-state index in [0.29, 0.717) is 11.1 Å². The Balaban J connectivity index is 2.03. The minimum Gasteiger partial charge on any atom is -0.267 e. The van der Waals surface area contributed by atoms with Crippen LogP contribution in [0.15, 0.2) is 47.6 Å². The van der Waals surface area contributed by atoms with E-state index in [2.05, 4.69) is 10.5 Å². The average Bonchev–Trinajstić information content (AvgIpc) is 2.42. The van der Waals surface area contributed by atoms with Crippen LogP contribution in [-0.2, 0) is 0 Å². The predicted octanol–water partition coefficient (Wildman–Crippen LogP) is 3.21. The molecule has 2 aromatic rings. The van der Waals surface area contributed by atoms with Crippen LogP contribution in [0.2, 0.25) is 0 Å². The highest BCUT2D eigenvalue weighted by Gasteiger charge is 2.04. The number of hydrogen-bond acceptors (Lipinski definition) is 2. The maximum atomic E-state index is 13.0. The van der Waals surface area contributed by atoms with Gasteiger partial charge in [-0.25, -0.2) is 9.82 Å². The normalized spacial score (nSPS) is 10.8. The van der Waals surface area contributed by atoms with Crippen molar-refractivity contribution in [3.05, 3.63) is 70.5 Å². The second-order valence-electron chi connectivity index (χ2n) is 4.55. The van der Waals surface area contributed by atoms with Gasteiger partial charge in [-0.3, -0.25) is 4.79 Å². The lowest BCUT2D eigenvalue weighted by Gasteiger charge is -2.03. The Hall–Kier alpha value is -2.49. The summed E-state index contributed by atoms with van der Waals surface area (Å²) >= 11 is 0. The summed E-state index contributed by atoms with van der Waals surface area (Å²) in [7, 11) is 0. The van der Waals surface area contributed by atoms with Gasteiger partial charge in [0.2, 0.25) is 0 Å². The molecule has 4 heteroatoms.